The van der Waals surface area contributed by atoms with E-state index in [1.807, 2.05) is 0 Å². The molecule has 0 radical (unpaired) electrons. The van der Waals surface area contributed by atoms with Crippen LogP contribution in [0.1, 0.15) is 5.56 Å². The first-order valence-corrected chi connectivity index (χ1v) is 4.46. The van der Waals surface area contributed by atoms with Gasteiger partial charge in [0.2, 0.25) is 0 Å². The van der Waals surface area contributed by atoms with Crippen LogP contribution >= 0.6 is 11.6 Å². The highest BCUT2D eigenvalue weighted by Crippen LogP contribution is 2.30. The van der Waals surface area contributed by atoms with E-state index in [0.717, 1.165) is 0 Å². The molecule has 14 heavy (non-hydrogen) atoms. The maximum atomic E-state index is 10.2. The summed E-state index contributed by atoms with van der Waals surface area (Å²) in [5.41, 5.74) is 0.568. The van der Waals surface area contributed by atoms with Crippen molar-refractivity contribution in [3.63, 3.8) is 0 Å². The molecule has 0 aliphatic carbocycles. The zero-order valence-corrected chi connectivity index (χ0v) is 7.99. The van der Waals surface area contributed by atoms with Gasteiger partial charge in [-0.25, -0.2) is 4.79 Å². The summed E-state index contributed by atoms with van der Waals surface area (Å²) in [6.45, 7) is 0. The Balaban J connectivity index is 2.94. The predicted octanol–water partition coefficient (Wildman–Crippen LogP) is 2.23. The van der Waals surface area contributed by atoms with Crippen LogP contribution < -0.4 is 4.74 Å². The zero-order chi connectivity index (χ0) is 10.6. The molecular formula is C9H9ClO4. The molecule has 1 aromatic carbocycles. The lowest BCUT2D eigenvalue weighted by molar-refractivity contribution is 0.143. The van der Waals surface area contributed by atoms with Gasteiger partial charge >= 0.3 is 6.16 Å². The number of aromatic hydroxyl groups is 1. The molecule has 0 amide bonds. The number of carbonyl (C=O) groups is 1. The van der Waals surface area contributed by atoms with E-state index in [0.29, 0.717) is 17.9 Å². The maximum Gasteiger partial charge on any atom is 0.511 e. The van der Waals surface area contributed by atoms with Gasteiger partial charge in [-0.15, -0.1) is 11.6 Å². The fraction of sp³-hybridized carbons (Fsp3) is 0.222. The SMILES string of the molecule is O=C(O)Oc1cccc(CCCl)c1O. The standard InChI is InChI=1S/C9H9ClO4/c10-5-4-6-2-1-3-7(8(6)11)14-9(12)13/h1-3,11H,4-5H2,(H,12,13). The first-order valence-electron chi connectivity index (χ1n) is 3.92. The van der Waals surface area contributed by atoms with Gasteiger partial charge in [0.05, 0.1) is 0 Å². The molecule has 0 bridgehead atoms. The number of alkyl halides is 1. The summed E-state index contributed by atoms with van der Waals surface area (Å²) in [4.78, 5) is 10.2. The zero-order valence-electron chi connectivity index (χ0n) is 7.24. The molecule has 0 heterocycles. The largest absolute Gasteiger partial charge is 0.511 e. The van der Waals surface area contributed by atoms with Gasteiger partial charge in [-0.05, 0) is 18.1 Å². The fourth-order valence-electron chi connectivity index (χ4n) is 1.05. The highest BCUT2D eigenvalue weighted by molar-refractivity contribution is 6.18. The van der Waals surface area contributed by atoms with E-state index in [2.05, 4.69) is 4.74 Å². The second-order valence-corrected chi connectivity index (χ2v) is 2.95. The molecule has 4 nitrogen and oxygen atoms in total. The molecule has 0 saturated heterocycles. The number of phenols is 1. The third-order valence-electron chi connectivity index (χ3n) is 1.64. The van der Waals surface area contributed by atoms with E-state index in [1.54, 1.807) is 12.1 Å². The van der Waals surface area contributed by atoms with E-state index in [1.165, 1.54) is 6.07 Å². The van der Waals surface area contributed by atoms with Crippen LogP contribution in [-0.2, 0) is 6.42 Å². The first-order chi connectivity index (χ1) is 6.65. The van der Waals surface area contributed by atoms with Crippen molar-refractivity contribution in [1.82, 2.24) is 0 Å². The second-order valence-electron chi connectivity index (χ2n) is 2.57. The van der Waals surface area contributed by atoms with Crippen LogP contribution in [0.3, 0.4) is 0 Å². The second kappa shape index (κ2) is 4.72. The normalized spacial score (nSPS) is 9.79. The maximum absolute atomic E-state index is 10.2. The van der Waals surface area contributed by atoms with Crippen molar-refractivity contribution in [2.24, 2.45) is 0 Å². The van der Waals surface area contributed by atoms with Gasteiger partial charge in [0.25, 0.3) is 0 Å². The topological polar surface area (TPSA) is 66.8 Å². The summed E-state index contributed by atoms with van der Waals surface area (Å²) in [6.07, 6.45) is -0.993. The number of aryl methyl sites for hydroxylation is 1. The van der Waals surface area contributed by atoms with Crippen molar-refractivity contribution in [2.45, 2.75) is 6.42 Å². The van der Waals surface area contributed by atoms with Gasteiger partial charge < -0.3 is 14.9 Å². The molecule has 0 saturated carbocycles. The van der Waals surface area contributed by atoms with Crippen LogP contribution in [0.15, 0.2) is 18.2 Å². The lowest BCUT2D eigenvalue weighted by Gasteiger charge is -2.06. The van der Waals surface area contributed by atoms with Crippen LogP contribution in [0.4, 0.5) is 4.79 Å². The summed E-state index contributed by atoms with van der Waals surface area (Å²) in [7, 11) is 0. The van der Waals surface area contributed by atoms with Crippen molar-refractivity contribution in [2.75, 3.05) is 5.88 Å². The Morgan fingerprint density at radius 3 is 2.79 bits per heavy atom. The van der Waals surface area contributed by atoms with Crippen LogP contribution in [0.25, 0.3) is 0 Å². The molecule has 0 aliphatic rings. The van der Waals surface area contributed by atoms with Crippen molar-refractivity contribution < 1.29 is 19.7 Å². The number of hydrogen-bond donors (Lipinski definition) is 2. The number of halogens is 1. The van der Waals surface area contributed by atoms with Crippen LogP contribution in [0.5, 0.6) is 11.5 Å². The smallest absolute Gasteiger partial charge is 0.504 e. The minimum absolute atomic E-state index is 0.0693. The van der Waals surface area contributed by atoms with Gasteiger partial charge in [-0.3, -0.25) is 0 Å². The minimum atomic E-state index is -1.46. The summed E-state index contributed by atoms with van der Waals surface area (Å²) in [5.74, 6) is 0.111. The highest BCUT2D eigenvalue weighted by Gasteiger charge is 2.10. The predicted molar refractivity (Wildman–Crippen MR) is 51.2 cm³/mol. The number of rotatable bonds is 3. The summed E-state index contributed by atoms with van der Waals surface area (Å²) in [6, 6.07) is 4.63. The van der Waals surface area contributed by atoms with Gasteiger partial charge in [0.15, 0.2) is 11.5 Å². The fourth-order valence-corrected chi connectivity index (χ4v) is 1.25. The quantitative estimate of drug-likeness (QED) is 0.462. The molecule has 5 heteroatoms. The van der Waals surface area contributed by atoms with Crippen molar-refractivity contribution in [1.29, 1.82) is 0 Å². The van der Waals surface area contributed by atoms with E-state index in [-0.39, 0.29) is 11.5 Å². The van der Waals surface area contributed by atoms with Crippen molar-refractivity contribution in [3.05, 3.63) is 23.8 Å². The van der Waals surface area contributed by atoms with Crippen LogP contribution in [-0.4, -0.2) is 22.2 Å². The number of benzene rings is 1. The Hall–Kier alpha value is -1.42. The van der Waals surface area contributed by atoms with E-state index in [9.17, 15) is 9.90 Å². The highest BCUT2D eigenvalue weighted by atomic mass is 35.5. The lowest BCUT2D eigenvalue weighted by atomic mass is 10.1. The van der Waals surface area contributed by atoms with Gasteiger partial charge in [0, 0.05) is 5.88 Å². The molecule has 0 fully saturated rings. The molecule has 0 aromatic heterocycles. The van der Waals surface area contributed by atoms with Crippen LogP contribution in [0.2, 0.25) is 0 Å². The summed E-state index contributed by atoms with van der Waals surface area (Å²) in [5, 5.41) is 17.9. The average molecular weight is 217 g/mol. The van der Waals surface area contributed by atoms with Crippen LogP contribution in [0, 0.1) is 0 Å². The van der Waals surface area contributed by atoms with Gasteiger partial charge in [-0.2, -0.15) is 0 Å². The molecular weight excluding hydrogens is 208 g/mol. The molecule has 0 aliphatic heterocycles. The summed E-state index contributed by atoms with van der Waals surface area (Å²) < 4.78 is 4.36. The van der Waals surface area contributed by atoms with E-state index < -0.39 is 6.16 Å². The Labute approximate surface area is 85.7 Å². The minimum Gasteiger partial charge on any atom is -0.504 e. The number of ether oxygens (including phenoxy) is 1. The van der Waals surface area contributed by atoms with Crippen molar-refractivity contribution >= 4 is 17.8 Å². The van der Waals surface area contributed by atoms with E-state index in [4.69, 9.17) is 16.7 Å². The molecule has 1 rings (SSSR count). The molecule has 0 spiro atoms. The Morgan fingerprint density at radius 2 is 2.21 bits per heavy atom. The van der Waals surface area contributed by atoms with E-state index >= 15 is 0 Å². The monoisotopic (exact) mass is 216 g/mol. The number of carboxylic acid groups (broad SMARTS) is 1. The third kappa shape index (κ3) is 2.53. The molecule has 76 valence electrons. The Kier molecular flexibility index (Phi) is 3.59. The first kappa shape index (κ1) is 10.7. The molecule has 0 unspecified atom stereocenters. The Morgan fingerprint density at radius 1 is 1.50 bits per heavy atom. The molecule has 2 N–H and O–H groups in total. The molecule has 0 atom stereocenters. The number of phenolic OH excluding ortho intramolecular Hbond substituents is 1. The summed E-state index contributed by atoms with van der Waals surface area (Å²) >= 11 is 5.50. The van der Waals surface area contributed by atoms with Gasteiger partial charge in [0.1, 0.15) is 0 Å². The van der Waals surface area contributed by atoms with Crippen molar-refractivity contribution in [3.8, 4) is 11.5 Å². The Bertz CT molecular complexity index is 338. The average Bonchev–Trinajstić information content (AvgIpc) is 2.11. The lowest BCUT2D eigenvalue weighted by Crippen LogP contribution is -2.03. The van der Waals surface area contributed by atoms with Gasteiger partial charge in [-0.1, -0.05) is 12.1 Å². The third-order valence-corrected chi connectivity index (χ3v) is 1.83. The number of para-hydroxylation sites is 1. The molecule has 1 aromatic rings. The number of hydrogen-bond acceptors (Lipinski definition) is 3.